The van der Waals surface area contributed by atoms with Crippen LogP contribution in [0.4, 0.5) is 11.4 Å². The summed E-state index contributed by atoms with van der Waals surface area (Å²) in [5.74, 6) is -1.94. The Morgan fingerprint density at radius 2 is 1.31 bits per heavy atom. The molecule has 0 saturated carbocycles. The Balaban J connectivity index is 1.70. The number of anilines is 2. The number of hydrogen-bond donors (Lipinski definition) is 5. The third kappa shape index (κ3) is 20.8. The number of carboxylic acid groups (broad SMARTS) is 1. The molecule has 3 rings (SSSR count). The Morgan fingerprint density at radius 1 is 0.765 bits per heavy atom. The fourth-order valence-corrected chi connectivity index (χ4v) is 8.80. The van der Waals surface area contributed by atoms with Gasteiger partial charge in [0.15, 0.2) is 0 Å². The lowest BCUT2D eigenvalue weighted by Gasteiger charge is -2.30. The van der Waals surface area contributed by atoms with E-state index < -0.39 is 53.2 Å². The standard InChI is InChI=1S/C45H66N2O18S3/c1-4-9-36(39-14-12-37(34-42(39)48)46(5-2)18-8-33-67(54,55)56)10-6-11-43-45(3,17-7-32-66(51,52)53)40-35-38(68(57,58)59)13-15-41(40)47(43)19-21-61-23-25-63-27-29-65-31-30-64-28-26-62-24-22-60-20-16-44(49)50/h4,6,9-15,34-35,48H,1,5,7-8,16-33H2,2-3H3,(H,49,50)(H,51,52,53)(H,54,55,56)(H,57,58,59)/b10-6+,36-9-,43-11+. The Hall–Kier alpha value is -4.24. The summed E-state index contributed by atoms with van der Waals surface area (Å²) in [7, 11) is -13.1. The molecule has 0 spiro atoms. The number of allylic oxidation sites excluding steroid dienone is 7. The van der Waals surface area contributed by atoms with Crippen molar-refractivity contribution in [2.45, 2.75) is 49.8 Å². The average Bonchev–Trinajstić information content (AvgIpc) is 3.48. The highest BCUT2D eigenvalue weighted by molar-refractivity contribution is 7.86. The molecule has 1 unspecified atom stereocenters. The van der Waals surface area contributed by atoms with E-state index in [-0.39, 0.29) is 69.3 Å². The van der Waals surface area contributed by atoms with E-state index in [4.69, 9.17) is 38.1 Å². The number of carbonyl (C=O) groups is 1. The van der Waals surface area contributed by atoms with Crippen molar-refractivity contribution in [2.75, 3.05) is 120 Å². The summed E-state index contributed by atoms with van der Waals surface area (Å²) in [6.45, 7) is 12.1. The number of benzene rings is 2. The van der Waals surface area contributed by atoms with Crippen LogP contribution in [0, 0.1) is 0 Å². The molecule has 1 aliphatic heterocycles. The van der Waals surface area contributed by atoms with Crippen LogP contribution in [-0.2, 0) is 69.0 Å². The minimum atomic E-state index is -4.63. The number of ether oxygens (including phenoxy) is 6. The largest absolute Gasteiger partial charge is 0.507 e. The summed E-state index contributed by atoms with van der Waals surface area (Å²) in [6, 6.07) is 9.21. The van der Waals surface area contributed by atoms with Crippen molar-refractivity contribution in [1.29, 1.82) is 0 Å². The Kier molecular flexibility index (Phi) is 24.8. The highest BCUT2D eigenvalue weighted by atomic mass is 32.2. The van der Waals surface area contributed by atoms with Gasteiger partial charge in [-0.2, -0.15) is 25.3 Å². The molecular formula is C45H66N2O18S3. The van der Waals surface area contributed by atoms with E-state index >= 15 is 0 Å². The topological polar surface area (TPSA) is 282 Å². The average molecular weight is 1020 g/mol. The number of carboxylic acids is 1. The Labute approximate surface area is 400 Å². The number of nitrogens with zero attached hydrogens (tertiary/aromatic N) is 2. The fraction of sp³-hybridized carbons (Fsp3) is 0.533. The SMILES string of the molecule is C=C/C=C(/C=C/C=C1/N(CCOCCOCCOCCOCCOCCOCCC(=O)O)c2ccc(S(=O)(=O)O)cc2C1(C)CCCS(=O)(=O)O)c1ccc(N(CC)CCCS(=O)(=O)O)cc1O. The van der Waals surface area contributed by atoms with Crippen molar-refractivity contribution >= 4 is 53.3 Å². The van der Waals surface area contributed by atoms with Gasteiger partial charge in [-0.05, 0) is 80.7 Å². The number of phenols is 1. The van der Waals surface area contributed by atoms with Crippen molar-refractivity contribution < 1.29 is 82.3 Å². The quantitative estimate of drug-likeness (QED) is 0.0349. The number of fused-ring (bicyclic) bond motifs is 1. The van der Waals surface area contributed by atoms with Gasteiger partial charge in [0, 0.05) is 53.8 Å². The van der Waals surface area contributed by atoms with Crippen LogP contribution in [0.25, 0.3) is 5.57 Å². The highest BCUT2D eigenvalue weighted by Gasteiger charge is 2.43. The van der Waals surface area contributed by atoms with Gasteiger partial charge in [-0.15, -0.1) is 0 Å². The second-order valence-electron chi connectivity index (χ2n) is 15.5. The molecule has 20 nitrogen and oxygen atoms in total. The molecule has 0 fully saturated rings. The molecule has 1 aliphatic rings. The van der Waals surface area contributed by atoms with Crippen molar-refractivity contribution in [1.82, 2.24) is 0 Å². The third-order valence-electron chi connectivity index (χ3n) is 10.6. The second kappa shape index (κ2) is 29.1. The zero-order valence-electron chi connectivity index (χ0n) is 38.6. The molecule has 5 N–H and O–H groups in total. The summed E-state index contributed by atoms with van der Waals surface area (Å²) in [5, 5.41) is 19.8. The minimum absolute atomic E-state index is 0.00183. The maximum absolute atomic E-state index is 12.3. The summed E-state index contributed by atoms with van der Waals surface area (Å²) in [4.78, 5) is 13.9. The van der Waals surface area contributed by atoms with Crippen LogP contribution in [0.3, 0.4) is 0 Å². The van der Waals surface area contributed by atoms with Gasteiger partial charge in [-0.25, -0.2) is 0 Å². The van der Waals surface area contributed by atoms with Gasteiger partial charge in [-0.3, -0.25) is 18.5 Å². The second-order valence-corrected chi connectivity index (χ2v) is 20.1. The molecule has 0 saturated heterocycles. The van der Waals surface area contributed by atoms with E-state index in [2.05, 4.69) is 6.58 Å². The molecule has 1 atom stereocenters. The van der Waals surface area contributed by atoms with E-state index in [1.165, 1.54) is 12.1 Å². The van der Waals surface area contributed by atoms with Gasteiger partial charge in [0.25, 0.3) is 30.4 Å². The molecule has 0 bridgehead atoms. The van der Waals surface area contributed by atoms with Crippen LogP contribution in [-0.4, -0.2) is 166 Å². The minimum Gasteiger partial charge on any atom is -0.507 e. The van der Waals surface area contributed by atoms with Crippen molar-refractivity contribution in [3.63, 3.8) is 0 Å². The van der Waals surface area contributed by atoms with Gasteiger partial charge < -0.3 is 48.4 Å². The first-order chi connectivity index (χ1) is 32.2. The summed E-state index contributed by atoms with van der Waals surface area (Å²) < 4.78 is 133. The molecule has 68 heavy (non-hydrogen) atoms. The number of aromatic hydroxyl groups is 1. The molecule has 0 amide bonds. The van der Waals surface area contributed by atoms with Gasteiger partial charge in [0.2, 0.25) is 0 Å². The van der Waals surface area contributed by atoms with Gasteiger partial charge in [0.1, 0.15) is 5.75 Å². The van der Waals surface area contributed by atoms with Gasteiger partial charge in [-0.1, -0.05) is 30.9 Å². The number of rotatable bonds is 36. The van der Waals surface area contributed by atoms with E-state index in [1.54, 1.807) is 54.6 Å². The molecule has 2 aromatic rings. The van der Waals surface area contributed by atoms with Crippen LogP contribution in [0.15, 0.2) is 83.9 Å². The molecule has 0 aliphatic carbocycles. The predicted octanol–water partition coefficient (Wildman–Crippen LogP) is 4.77. The number of aliphatic carboxylic acids is 1. The van der Waals surface area contributed by atoms with Crippen LogP contribution in [0.2, 0.25) is 0 Å². The lowest BCUT2D eigenvalue weighted by molar-refractivity contribution is -0.138. The summed E-state index contributed by atoms with van der Waals surface area (Å²) >= 11 is 0. The van der Waals surface area contributed by atoms with Crippen LogP contribution in [0.1, 0.15) is 50.7 Å². The monoisotopic (exact) mass is 1020 g/mol. The first-order valence-electron chi connectivity index (χ1n) is 22.0. The van der Waals surface area contributed by atoms with Gasteiger partial charge in [0.05, 0.1) is 102 Å². The first-order valence-corrected chi connectivity index (χ1v) is 26.6. The zero-order chi connectivity index (χ0) is 50.2. The number of phenolic OH excluding ortho intramolecular Hbond substituents is 1. The van der Waals surface area contributed by atoms with E-state index in [9.17, 15) is 44.3 Å². The van der Waals surface area contributed by atoms with Crippen LogP contribution >= 0.6 is 0 Å². The zero-order valence-corrected chi connectivity index (χ0v) is 41.0. The highest BCUT2D eigenvalue weighted by Crippen LogP contribution is 2.51. The lowest BCUT2D eigenvalue weighted by atomic mass is 9.77. The molecular weight excluding hydrogens is 953 g/mol. The van der Waals surface area contributed by atoms with Crippen LogP contribution < -0.4 is 9.80 Å². The molecule has 2 aromatic carbocycles. The molecule has 382 valence electrons. The van der Waals surface area contributed by atoms with E-state index in [0.717, 1.165) is 0 Å². The van der Waals surface area contributed by atoms with E-state index in [0.29, 0.717) is 99.7 Å². The maximum Gasteiger partial charge on any atom is 0.305 e. The van der Waals surface area contributed by atoms with Crippen molar-refractivity contribution in [2.24, 2.45) is 0 Å². The summed E-state index contributed by atoms with van der Waals surface area (Å²) in [5.41, 5.74) is 2.30. The van der Waals surface area contributed by atoms with Crippen LogP contribution in [0.5, 0.6) is 5.75 Å². The smallest absolute Gasteiger partial charge is 0.305 e. The first kappa shape index (κ1) is 58.1. The Morgan fingerprint density at radius 3 is 1.81 bits per heavy atom. The molecule has 0 aromatic heterocycles. The predicted molar refractivity (Wildman–Crippen MR) is 256 cm³/mol. The Bertz CT molecular complexity index is 2350. The fourth-order valence-electron chi connectivity index (χ4n) is 7.29. The summed E-state index contributed by atoms with van der Waals surface area (Å²) in [6.07, 6.45) is 8.73. The maximum atomic E-state index is 12.3. The van der Waals surface area contributed by atoms with E-state index in [1.807, 2.05) is 23.6 Å². The molecule has 1 heterocycles. The molecule has 23 heteroatoms. The normalized spacial score (nSPS) is 16.2. The number of hydrogen-bond acceptors (Lipinski definition) is 16. The molecule has 0 radical (unpaired) electrons. The third-order valence-corrected chi connectivity index (χ3v) is 13.0. The van der Waals surface area contributed by atoms with Crippen molar-refractivity contribution in [3.8, 4) is 5.75 Å². The lowest BCUT2D eigenvalue weighted by Crippen LogP contribution is -2.31. The van der Waals surface area contributed by atoms with Crippen molar-refractivity contribution in [3.05, 3.63) is 90.2 Å². The van der Waals surface area contributed by atoms with Gasteiger partial charge >= 0.3 is 5.97 Å².